The Bertz CT molecular complexity index is 671. The van der Waals surface area contributed by atoms with E-state index in [1.54, 1.807) is 25.1 Å². The number of carbonyl (C=O) groups excluding carboxylic acids is 3. The first-order valence-electron chi connectivity index (χ1n) is 8.11. The van der Waals surface area contributed by atoms with Crippen LogP contribution < -0.4 is 10.6 Å². The van der Waals surface area contributed by atoms with Gasteiger partial charge in [-0.2, -0.15) is 0 Å². The molecule has 0 aromatic heterocycles. The van der Waals surface area contributed by atoms with Gasteiger partial charge >= 0.3 is 5.97 Å². The molecule has 1 aromatic rings. The van der Waals surface area contributed by atoms with E-state index in [2.05, 4.69) is 10.6 Å². The number of amides is 2. The van der Waals surface area contributed by atoms with Gasteiger partial charge in [-0.15, -0.1) is 11.8 Å². The van der Waals surface area contributed by atoms with Crippen LogP contribution in [0.5, 0.6) is 0 Å². The van der Waals surface area contributed by atoms with Crippen LogP contribution in [0.15, 0.2) is 23.1 Å². The van der Waals surface area contributed by atoms with E-state index in [-0.39, 0.29) is 17.9 Å². The molecule has 1 fully saturated rings. The number of carbonyl (C=O) groups is 3. The van der Waals surface area contributed by atoms with E-state index >= 15 is 0 Å². The summed E-state index contributed by atoms with van der Waals surface area (Å²) in [5.41, 5.74) is 0.922. The van der Waals surface area contributed by atoms with Gasteiger partial charge in [-0.05, 0) is 38.0 Å². The summed E-state index contributed by atoms with van der Waals surface area (Å²) in [4.78, 5) is 36.7. The van der Waals surface area contributed by atoms with Crippen molar-refractivity contribution < 1.29 is 19.1 Å². The van der Waals surface area contributed by atoms with Crippen molar-refractivity contribution in [2.75, 3.05) is 11.1 Å². The van der Waals surface area contributed by atoms with E-state index in [1.165, 1.54) is 11.8 Å². The van der Waals surface area contributed by atoms with Gasteiger partial charge in [0.25, 0.3) is 5.91 Å². The standard InChI is InChI=1S/C17H20N2O4S/c1-10(16(21)18-12-4-2-3-5-12)23-17(22)11-6-7-14-13(8-11)19-15(20)9-24-14/h6-8,10,12H,2-5,9H2,1H3,(H,18,21)(H,19,20). The van der Waals surface area contributed by atoms with Crippen molar-refractivity contribution in [2.24, 2.45) is 0 Å². The normalized spacial score (nSPS) is 18.5. The molecule has 7 heteroatoms. The molecule has 1 aliphatic heterocycles. The number of hydrogen-bond acceptors (Lipinski definition) is 5. The van der Waals surface area contributed by atoms with Gasteiger partial charge in [0, 0.05) is 10.9 Å². The Morgan fingerprint density at radius 2 is 2.08 bits per heavy atom. The second-order valence-corrected chi connectivity index (χ2v) is 7.10. The van der Waals surface area contributed by atoms with Crippen molar-refractivity contribution in [3.05, 3.63) is 23.8 Å². The number of rotatable bonds is 4. The van der Waals surface area contributed by atoms with E-state index in [9.17, 15) is 14.4 Å². The summed E-state index contributed by atoms with van der Waals surface area (Å²) < 4.78 is 5.26. The van der Waals surface area contributed by atoms with E-state index in [0.29, 0.717) is 17.0 Å². The molecule has 1 saturated carbocycles. The van der Waals surface area contributed by atoms with Crippen molar-refractivity contribution in [2.45, 2.75) is 49.6 Å². The van der Waals surface area contributed by atoms with Crippen LogP contribution in [0, 0.1) is 0 Å². The number of ether oxygens (including phenoxy) is 1. The summed E-state index contributed by atoms with van der Waals surface area (Å²) in [6, 6.07) is 5.20. The lowest BCUT2D eigenvalue weighted by Crippen LogP contribution is -2.40. The van der Waals surface area contributed by atoms with E-state index in [1.807, 2.05) is 0 Å². The molecule has 1 heterocycles. The Kier molecular flexibility index (Phi) is 5.08. The zero-order valence-corrected chi connectivity index (χ0v) is 14.3. The highest BCUT2D eigenvalue weighted by atomic mass is 32.2. The third-order valence-electron chi connectivity index (χ3n) is 4.20. The van der Waals surface area contributed by atoms with Crippen LogP contribution >= 0.6 is 11.8 Å². The van der Waals surface area contributed by atoms with E-state index in [4.69, 9.17) is 4.74 Å². The highest BCUT2D eigenvalue weighted by molar-refractivity contribution is 8.00. The van der Waals surface area contributed by atoms with Gasteiger partial charge in [-0.25, -0.2) is 4.79 Å². The summed E-state index contributed by atoms with van der Waals surface area (Å²) in [7, 11) is 0. The predicted molar refractivity (Wildman–Crippen MR) is 91.1 cm³/mol. The van der Waals surface area contributed by atoms with Crippen molar-refractivity contribution in [3.63, 3.8) is 0 Å². The largest absolute Gasteiger partial charge is 0.449 e. The van der Waals surface area contributed by atoms with Crippen LogP contribution in [0.1, 0.15) is 43.0 Å². The maximum atomic E-state index is 12.2. The monoisotopic (exact) mass is 348 g/mol. The van der Waals surface area contributed by atoms with Crippen molar-refractivity contribution >= 4 is 35.2 Å². The van der Waals surface area contributed by atoms with Gasteiger partial charge in [-0.3, -0.25) is 9.59 Å². The maximum Gasteiger partial charge on any atom is 0.338 e. The second kappa shape index (κ2) is 7.25. The summed E-state index contributed by atoms with van der Waals surface area (Å²) >= 11 is 1.43. The number of esters is 1. The fourth-order valence-electron chi connectivity index (χ4n) is 2.88. The Hall–Kier alpha value is -2.02. The van der Waals surface area contributed by atoms with Crippen LogP contribution in [-0.4, -0.2) is 35.7 Å². The van der Waals surface area contributed by atoms with E-state index in [0.717, 1.165) is 30.6 Å². The summed E-state index contributed by atoms with van der Waals surface area (Å²) in [6.07, 6.45) is 3.36. The molecular weight excluding hydrogens is 328 g/mol. The van der Waals surface area contributed by atoms with Crippen LogP contribution in [-0.2, 0) is 14.3 Å². The zero-order chi connectivity index (χ0) is 17.1. The first-order valence-corrected chi connectivity index (χ1v) is 9.09. The summed E-state index contributed by atoms with van der Waals surface area (Å²) in [5, 5.41) is 5.65. The van der Waals surface area contributed by atoms with Crippen LogP contribution in [0.4, 0.5) is 5.69 Å². The highest BCUT2D eigenvalue weighted by Gasteiger charge is 2.24. The Morgan fingerprint density at radius 1 is 1.33 bits per heavy atom. The van der Waals surface area contributed by atoms with Gasteiger partial charge in [0.2, 0.25) is 5.91 Å². The molecule has 2 aliphatic rings. The minimum Gasteiger partial charge on any atom is -0.449 e. The zero-order valence-electron chi connectivity index (χ0n) is 13.5. The quantitative estimate of drug-likeness (QED) is 0.816. The SMILES string of the molecule is CC(OC(=O)c1ccc2c(c1)NC(=O)CS2)C(=O)NC1CCCC1. The van der Waals surface area contributed by atoms with Crippen LogP contribution in [0.2, 0.25) is 0 Å². The molecule has 0 radical (unpaired) electrons. The minimum atomic E-state index is -0.849. The molecule has 1 aromatic carbocycles. The lowest BCUT2D eigenvalue weighted by molar-refractivity contribution is -0.129. The lowest BCUT2D eigenvalue weighted by atomic mass is 10.2. The Labute approximate surface area is 144 Å². The van der Waals surface area contributed by atoms with Crippen molar-refractivity contribution in [1.82, 2.24) is 5.32 Å². The third-order valence-corrected chi connectivity index (χ3v) is 5.28. The number of fused-ring (bicyclic) bond motifs is 1. The average Bonchev–Trinajstić information content (AvgIpc) is 3.06. The second-order valence-electron chi connectivity index (χ2n) is 6.09. The van der Waals surface area contributed by atoms with Gasteiger partial charge in [0.05, 0.1) is 17.0 Å². The Balaban J connectivity index is 1.60. The summed E-state index contributed by atoms with van der Waals surface area (Å²) in [6.45, 7) is 1.57. The first kappa shape index (κ1) is 16.8. The lowest BCUT2D eigenvalue weighted by Gasteiger charge is -2.19. The fraction of sp³-hybridized carbons (Fsp3) is 0.471. The number of benzene rings is 1. The average molecular weight is 348 g/mol. The smallest absolute Gasteiger partial charge is 0.338 e. The van der Waals surface area contributed by atoms with Gasteiger partial charge in [-0.1, -0.05) is 12.8 Å². The molecule has 1 aliphatic carbocycles. The molecule has 2 amide bonds. The molecule has 24 heavy (non-hydrogen) atoms. The summed E-state index contributed by atoms with van der Waals surface area (Å²) in [5.74, 6) is -0.564. The number of anilines is 1. The predicted octanol–water partition coefficient (Wildman–Crippen LogP) is 2.33. The Morgan fingerprint density at radius 3 is 2.83 bits per heavy atom. The molecular formula is C17H20N2O4S. The van der Waals surface area contributed by atoms with Gasteiger partial charge in [0.1, 0.15) is 0 Å². The van der Waals surface area contributed by atoms with Crippen molar-refractivity contribution in [3.8, 4) is 0 Å². The topological polar surface area (TPSA) is 84.5 Å². The molecule has 3 rings (SSSR count). The minimum absolute atomic E-state index is 0.0951. The van der Waals surface area contributed by atoms with Crippen LogP contribution in [0.3, 0.4) is 0 Å². The number of thioether (sulfide) groups is 1. The number of hydrogen-bond donors (Lipinski definition) is 2. The van der Waals surface area contributed by atoms with Crippen LogP contribution in [0.25, 0.3) is 0 Å². The molecule has 2 N–H and O–H groups in total. The first-order chi connectivity index (χ1) is 11.5. The van der Waals surface area contributed by atoms with Gasteiger partial charge in [0.15, 0.2) is 6.10 Å². The molecule has 0 bridgehead atoms. The molecule has 1 atom stereocenters. The molecule has 0 spiro atoms. The van der Waals surface area contributed by atoms with Gasteiger partial charge < -0.3 is 15.4 Å². The molecule has 1 unspecified atom stereocenters. The molecule has 6 nitrogen and oxygen atoms in total. The fourth-order valence-corrected chi connectivity index (χ4v) is 3.67. The third kappa shape index (κ3) is 3.90. The maximum absolute atomic E-state index is 12.2. The van der Waals surface area contributed by atoms with E-state index < -0.39 is 12.1 Å². The highest BCUT2D eigenvalue weighted by Crippen LogP contribution is 2.32. The molecule has 0 saturated heterocycles. The number of nitrogens with one attached hydrogen (secondary N) is 2. The van der Waals surface area contributed by atoms with Crippen molar-refractivity contribution in [1.29, 1.82) is 0 Å². The molecule has 128 valence electrons.